The lowest BCUT2D eigenvalue weighted by Gasteiger charge is -2.12. The Morgan fingerprint density at radius 1 is 1.25 bits per heavy atom. The lowest BCUT2D eigenvalue weighted by molar-refractivity contribution is 0.174. The van der Waals surface area contributed by atoms with E-state index >= 15 is 0 Å². The number of fused-ring (bicyclic) bond motifs is 2. The molecule has 166 valence electrons. The third-order valence-corrected chi connectivity index (χ3v) is 6.25. The van der Waals surface area contributed by atoms with Gasteiger partial charge in [-0.25, -0.2) is 15.0 Å². The summed E-state index contributed by atoms with van der Waals surface area (Å²) in [6.45, 7) is 6.17. The quantitative estimate of drug-likeness (QED) is 0.348. The maximum absolute atomic E-state index is 6.12. The van der Waals surface area contributed by atoms with E-state index < -0.39 is 0 Å². The molecule has 0 spiro atoms. The Labute approximate surface area is 189 Å². The molecular formula is C22H25N7O2S. The SMILES string of the molecule is CC(C)NCCCn1c(Sc2cc3c(cc2-c2ccc[nH]2)OCO3)nc2c(N)ncnc21. The van der Waals surface area contributed by atoms with Crippen molar-refractivity contribution in [2.75, 3.05) is 19.1 Å². The van der Waals surface area contributed by atoms with Crippen LogP contribution < -0.4 is 20.5 Å². The molecule has 0 unspecified atom stereocenters. The molecule has 0 aliphatic carbocycles. The number of rotatable bonds is 8. The van der Waals surface area contributed by atoms with Crippen LogP contribution in [0.15, 0.2) is 46.8 Å². The molecule has 3 aromatic heterocycles. The zero-order valence-electron chi connectivity index (χ0n) is 18.0. The average molecular weight is 452 g/mol. The molecule has 4 N–H and O–H groups in total. The summed E-state index contributed by atoms with van der Waals surface area (Å²) in [5, 5.41) is 4.27. The summed E-state index contributed by atoms with van der Waals surface area (Å²) in [7, 11) is 0. The number of aromatic nitrogens is 5. The van der Waals surface area contributed by atoms with E-state index in [1.165, 1.54) is 6.33 Å². The van der Waals surface area contributed by atoms with E-state index in [1.807, 2.05) is 30.5 Å². The minimum Gasteiger partial charge on any atom is -0.454 e. The number of H-pyrrole nitrogens is 1. The van der Waals surface area contributed by atoms with Gasteiger partial charge in [0.2, 0.25) is 6.79 Å². The van der Waals surface area contributed by atoms with Crippen molar-refractivity contribution >= 4 is 28.7 Å². The average Bonchev–Trinajstić information content (AvgIpc) is 3.51. The second-order valence-electron chi connectivity index (χ2n) is 7.83. The van der Waals surface area contributed by atoms with Crippen LogP contribution in [0.2, 0.25) is 0 Å². The van der Waals surface area contributed by atoms with Crippen molar-refractivity contribution in [2.24, 2.45) is 0 Å². The number of aromatic amines is 1. The molecule has 9 nitrogen and oxygen atoms in total. The zero-order chi connectivity index (χ0) is 22.1. The Kier molecular flexibility index (Phi) is 5.62. The maximum atomic E-state index is 6.12. The number of nitrogen functional groups attached to an aromatic ring is 1. The lowest BCUT2D eigenvalue weighted by Crippen LogP contribution is -2.24. The van der Waals surface area contributed by atoms with E-state index in [1.54, 1.807) is 11.8 Å². The van der Waals surface area contributed by atoms with Gasteiger partial charge in [-0.05, 0) is 37.2 Å². The third kappa shape index (κ3) is 3.98. The molecule has 10 heteroatoms. The van der Waals surface area contributed by atoms with Gasteiger partial charge >= 0.3 is 0 Å². The Bertz CT molecular complexity index is 1240. The van der Waals surface area contributed by atoms with E-state index in [4.69, 9.17) is 20.2 Å². The highest BCUT2D eigenvalue weighted by Crippen LogP contribution is 2.44. The molecular weight excluding hydrogens is 426 g/mol. The number of imidazole rings is 1. The highest BCUT2D eigenvalue weighted by Gasteiger charge is 2.22. The predicted molar refractivity (Wildman–Crippen MR) is 124 cm³/mol. The van der Waals surface area contributed by atoms with Crippen LogP contribution in [-0.2, 0) is 6.54 Å². The third-order valence-electron chi connectivity index (χ3n) is 5.20. The largest absolute Gasteiger partial charge is 0.454 e. The number of hydrogen-bond donors (Lipinski definition) is 3. The van der Waals surface area contributed by atoms with Crippen LogP contribution in [0, 0.1) is 0 Å². The van der Waals surface area contributed by atoms with Gasteiger partial charge in [-0.2, -0.15) is 0 Å². The number of aryl methyl sites for hydroxylation is 1. The van der Waals surface area contributed by atoms with E-state index in [9.17, 15) is 0 Å². The number of nitrogens with zero attached hydrogens (tertiary/aromatic N) is 4. The molecule has 0 atom stereocenters. The summed E-state index contributed by atoms with van der Waals surface area (Å²) in [6, 6.07) is 8.46. The lowest BCUT2D eigenvalue weighted by atomic mass is 10.1. The van der Waals surface area contributed by atoms with Gasteiger partial charge in [0, 0.05) is 34.9 Å². The predicted octanol–water partition coefficient (Wildman–Crippen LogP) is 3.67. The van der Waals surface area contributed by atoms with Crippen LogP contribution in [-0.4, -0.2) is 43.9 Å². The van der Waals surface area contributed by atoms with Crippen LogP contribution in [0.5, 0.6) is 11.5 Å². The summed E-state index contributed by atoms with van der Waals surface area (Å²) in [6.07, 6.45) is 4.33. The van der Waals surface area contributed by atoms with Gasteiger partial charge in [0.25, 0.3) is 0 Å². The fourth-order valence-corrected chi connectivity index (χ4v) is 4.72. The number of anilines is 1. The standard InChI is InChI=1S/C22H25N7O2S/c1-13(2)24-7-4-8-29-21-19(20(23)26-11-27-21)28-22(29)32-18-10-17-16(30-12-31-17)9-14(18)15-5-3-6-25-15/h3,5-6,9-11,13,24-25H,4,7-8,12H2,1-2H3,(H2,23,26,27). The van der Waals surface area contributed by atoms with Crippen molar-refractivity contribution in [1.29, 1.82) is 0 Å². The van der Waals surface area contributed by atoms with E-state index in [0.29, 0.717) is 17.4 Å². The van der Waals surface area contributed by atoms with Crippen molar-refractivity contribution in [2.45, 2.75) is 42.9 Å². The van der Waals surface area contributed by atoms with Crippen LogP contribution in [0.3, 0.4) is 0 Å². The molecule has 0 saturated heterocycles. The minimum absolute atomic E-state index is 0.223. The molecule has 1 aliphatic heterocycles. The van der Waals surface area contributed by atoms with Gasteiger partial charge in [-0.3, -0.25) is 0 Å². The van der Waals surface area contributed by atoms with E-state index in [0.717, 1.165) is 58.0 Å². The van der Waals surface area contributed by atoms with Crippen LogP contribution >= 0.6 is 11.8 Å². The fraction of sp³-hybridized carbons (Fsp3) is 0.318. The topological polar surface area (TPSA) is 116 Å². The van der Waals surface area contributed by atoms with Crippen LogP contribution in [0.1, 0.15) is 20.3 Å². The van der Waals surface area contributed by atoms with Crippen molar-refractivity contribution in [1.82, 2.24) is 29.8 Å². The monoisotopic (exact) mass is 451 g/mol. The first-order valence-electron chi connectivity index (χ1n) is 10.6. The van der Waals surface area contributed by atoms with Gasteiger partial charge in [-0.1, -0.05) is 25.6 Å². The molecule has 1 aromatic carbocycles. The van der Waals surface area contributed by atoms with Gasteiger partial charge in [0.1, 0.15) is 6.33 Å². The molecule has 0 saturated carbocycles. The van der Waals surface area contributed by atoms with Crippen LogP contribution in [0.4, 0.5) is 5.82 Å². The minimum atomic E-state index is 0.223. The number of nitrogens with one attached hydrogen (secondary N) is 2. The second-order valence-corrected chi connectivity index (χ2v) is 8.84. The Morgan fingerprint density at radius 3 is 2.88 bits per heavy atom. The van der Waals surface area contributed by atoms with Crippen molar-refractivity contribution in [3.63, 3.8) is 0 Å². The Balaban J connectivity index is 1.54. The van der Waals surface area contributed by atoms with E-state index in [2.05, 4.69) is 38.7 Å². The van der Waals surface area contributed by atoms with Crippen molar-refractivity contribution in [3.05, 3.63) is 36.8 Å². The molecule has 0 bridgehead atoms. The number of benzene rings is 1. The smallest absolute Gasteiger partial charge is 0.231 e. The van der Waals surface area contributed by atoms with Gasteiger partial charge in [0.15, 0.2) is 33.6 Å². The van der Waals surface area contributed by atoms with Gasteiger partial charge < -0.3 is 30.1 Å². The highest BCUT2D eigenvalue weighted by atomic mass is 32.2. The summed E-state index contributed by atoms with van der Waals surface area (Å²) < 4.78 is 13.4. The van der Waals surface area contributed by atoms with Crippen molar-refractivity contribution < 1.29 is 9.47 Å². The first kappa shape index (κ1) is 20.7. The second kappa shape index (κ2) is 8.71. The summed E-state index contributed by atoms with van der Waals surface area (Å²) >= 11 is 1.56. The molecule has 1 aliphatic rings. The number of nitrogens with two attached hydrogens (primary N) is 1. The molecule has 4 aromatic rings. The molecule has 4 heterocycles. The van der Waals surface area contributed by atoms with Crippen molar-refractivity contribution in [3.8, 4) is 22.8 Å². The fourth-order valence-electron chi connectivity index (χ4n) is 3.66. The Hall–Kier alpha value is -3.24. The van der Waals surface area contributed by atoms with Gasteiger partial charge in [0.05, 0.1) is 0 Å². The molecule has 0 fully saturated rings. The first-order valence-corrected chi connectivity index (χ1v) is 11.4. The highest BCUT2D eigenvalue weighted by molar-refractivity contribution is 7.99. The van der Waals surface area contributed by atoms with Crippen LogP contribution in [0.25, 0.3) is 22.4 Å². The number of ether oxygens (including phenoxy) is 2. The normalized spacial score (nSPS) is 12.8. The molecule has 0 radical (unpaired) electrons. The summed E-state index contributed by atoms with van der Waals surface area (Å²) in [5.74, 6) is 1.85. The summed E-state index contributed by atoms with van der Waals surface area (Å²) in [4.78, 5) is 17.7. The maximum Gasteiger partial charge on any atom is 0.231 e. The van der Waals surface area contributed by atoms with E-state index in [-0.39, 0.29) is 6.79 Å². The molecule has 0 amide bonds. The van der Waals surface area contributed by atoms with Gasteiger partial charge in [-0.15, -0.1) is 0 Å². The summed E-state index contributed by atoms with van der Waals surface area (Å²) in [5.41, 5.74) is 9.49. The number of hydrogen-bond acceptors (Lipinski definition) is 8. The molecule has 32 heavy (non-hydrogen) atoms. The molecule has 5 rings (SSSR count). The first-order chi connectivity index (χ1) is 15.6. The zero-order valence-corrected chi connectivity index (χ0v) is 18.8. The Morgan fingerprint density at radius 2 is 2.09 bits per heavy atom.